The van der Waals surface area contributed by atoms with E-state index in [4.69, 9.17) is 9.47 Å². The Morgan fingerprint density at radius 3 is 2.35 bits per heavy atom. The van der Waals surface area contributed by atoms with Crippen LogP contribution in [-0.4, -0.2) is 12.5 Å². The minimum Gasteiger partial charge on any atom is -0.454 e. The number of halogens is 3. The van der Waals surface area contributed by atoms with Crippen molar-refractivity contribution in [3.05, 3.63) is 95.1 Å². The van der Waals surface area contributed by atoms with Crippen molar-refractivity contribution < 1.29 is 22.6 Å². The molecule has 0 amide bonds. The second kappa shape index (κ2) is 8.52. The van der Waals surface area contributed by atoms with Crippen LogP contribution in [0.3, 0.4) is 0 Å². The van der Waals surface area contributed by atoms with Crippen molar-refractivity contribution in [2.45, 2.75) is 18.6 Å². The fourth-order valence-corrected chi connectivity index (χ4v) is 3.34. The Labute approximate surface area is 177 Å². The van der Waals surface area contributed by atoms with Gasteiger partial charge >= 0.3 is 6.18 Å². The summed E-state index contributed by atoms with van der Waals surface area (Å²) < 4.78 is 49.4. The Hall–Kier alpha value is -3.79. The minimum atomic E-state index is -4.44. The number of aliphatic imine (C=N–C) groups is 1. The summed E-state index contributed by atoms with van der Waals surface area (Å²) in [5.74, 6) is 1.23. The maximum Gasteiger partial charge on any atom is 0.416 e. The molecule has 1 aliphatic rings. The first-order chi connectivity index (χ1) is 14.9. The molecule has 0 aromatic heterocycles. The molecule has 0 radical (unpaired) electrons. The van der Waals surface area contributed by atoms with Gasteiger partial charge in [-0.25, -0.2) is 0 Å². The topological polar surface area (TPSA) is 54.6 Å². The lowest BCUT2D eigenvalue weighted by Gasteiger charge is -2.15. The molecule has 7 heteroatoms. The number of alkyl halides is 3. The van der Waals surface area contributed by atoms with E-state index in [0.29, 0.717) is 23.5 Å². The van der Waals surface area contributed by atoms with E-state index < -0.39 is 17.8 Å². The number of benzene rings is 3. The first kappa shape index (κ1) is 20.5. The summed E-state index contributed by atoms with van der Waals surface area (Å²) in [5.41, 5.74) is 1.44. The normalized spacial score (nSPS) is 14.2. The monoisotopic (exact) mass is 422 g/mol. The smallest absolute Gasteiger partial charge is 0.416 e. The van der Waals surface area contributed by atoms with Gasteiger partial charge in [0.25, 0.3) is 0 Å². The Morgan fingerprint density at radius 2 is 1.68 bits per heavy atom. The quantitative estimate of drug-likeness (QED) is 0.494. The molecule has 0 saturated heterocycles. The average molecular weight is 422 g/mol. The third-order valence-electron chi connectivity index (χ3n) is 4.93. The summed E-state index contributed by atoms with van der Waals surface area (Å²) in [5, 5.41) is 9.68. The van der Waals surface area contributed by atoms with Gasteiger partial charge in [-0.3, -0.25) is 4.99 Å². The summed E-state index contributed by atoms with van der Waals surface area (Å²) in [7, 11) is 0. The van der Waals surface area contributed by atoms with E-state index in [1.54, 1.807) is 6.07 Å². The largest absolute Gasteiger partial charge is 0.454 e. The van der Waals surface area contributed by atoms with Crippen molar-refractivity contribution in [1.29, 1.82) is 5.26 Å². The summed E-state index contributed by atoms with van der Waals surface area (Å²) in [6.45, 7) is 0.139. The molecular formula is C24H17F3N2O2. The molecule has 0 saturated carbocycles. The molecular weight excluding hydrogens is 405 g/mol. The van der Waals surface area contributed by atoms with Gasteiger partial charge in [0.1, 0.15) is 11.8 Å². The highest BCUT2D eigenvalue weighted by Crippen LogP contribution is 2.36. The maximum absolute atomic E-state index is 12.9. The van der Waals surface area contributed by atoms with Crippen molar-refractivity contribution in [2.75, 3.05) is 6.79 Å². The maximum atomic E-state index is 12.9. The number of hydrogen-bond acceptors (Lipinski definition) is 4. The van der Waals surface area contributed by atoms with Crippen molar-refractivity contribution in [3.8, 4) is 17.6 Å². The predicted molar refractivity (Wildman–Crippen MR) is 109 cm³/mol. The molecule has 3 aromatic carbocycles. The van der Waals surface area contributed by atoms with Crippen LogP contribution in [0.1, 0.15) is 28.3 Å². The number of nitrogens with zero attached hydrogens (tertiary/aromatic N) is 2. The van der Waals surface area contributed by atoms with Gasteiger partial charge in [-0.2, -0.15) is 18.4 Å². The van der Waals surface area contributed by atoms with Gasteiger partial charge < -0.3 is 9.47 Å². The number of fused-ring (bicyclic) bond motifs is 1. The molecule has 156 valence electrons. The van der Waals surface area contributed by atoms with Gasteiger partial charge in [-0.05, 0) is 41.8 Å². The van der Waals surface area contributed by atoms with E-state index in [9.17, 15) is 18.4 Å². The summed E-state index contributed by atoms with van der Waals surface area (Å²) in [6.07, 6.45) is -3.93. The Balaban J connectivity index is 1.71. The predicted octanol–water partition coefficient (Wildman–Crippen LogP) is 5.73. The lowest BCUT2D eigenvalue weighted by Crippen LogP contribution is -2.08. The van der Waals surface area contributed by atoms with Crippen LogP contribution in [-0.2, 0) is 12.6 Å². The third kappa shape index (κ3) is 4.69. The molecule has 31 heavy (non-hydrogen) atoms. The highest BCUT2D eigenvalue weighted by atomic mass is 19.4. The van der Waals surface area contributed by atoms with Crippen LogP contribution in [0.15, 0.2) is 77.8 Å². The fraction of sp³-hybridized carbons (Fsp3) is 0.167. The molecule has 1 aliphatic heterocycles. The van der Waals surface area contributed by atoms with E-state index in [0.717, 1.165) is 23.3 Å². The molecule has 0 unspecified atom stereocenters. The molecule has 0 fully saturated rings. The summed E-state index contributed by atoms with van der Waals surface area (Å²) in [4.78, 5) is 4.63. The van der Waals surface area contributed by atoms with Gasteiger partial charge in [0, 0.05) is 5.56 Å². The average Bonchev–Trinajstić information content (AvgIpc) is 3.25. The second-order valence-electron chi connectivity index (χ2n) is 6.98. The summed E-state index contributed by atoms with van der Waals surface area (Å²) in [6, 6.07) is 21.1. The van der Waals surface area contributed by atoms with E-state index in [1.165, 1.54) is 12.1 Å². The lowest BCUT2D eigenvalue weighted by molar-refractivity contribution is -0.137. The van der Waals surface area contributed by atoms with Crippen LogP contribution in [0, 0.1) is 11.3 Å². The first-order valence-electron chi connectivity index (χ1n) is 9.53. The molecule has 0 N–H and O–H groups in total. The van der Waals surface area contributed by atoms with Gasteiger partial charge in [-0.15, -0.1) is 0 Å². The highest BCUT2D eigenvalue weighted by molar-refractivity contribution is 6.11. The first-order valence-corrected chi connectivity index (χ1v) is 9.53. The van der Waals surface area contributed by atoms with Crippen LogP contribution < -0.4 is 9.47 Å². The zero-order valence-corrected chi connectivity index (χ0v) is 16.3. The van der Waals surface area contributed by atoms with Crippen LogP contribution in [0.25, 0.3) is 0 Å². The summed E-state index contributed by atoms with van der Waals surface area (Å²) >= 11 is 0. The van der Waals surface area contributed by atoms with E-state index in [1.807, 2.05) is 48.5 Å². The van der Waals surface area contributed by atoms with Crippen LogP contribution in [0.5, 0.6) is 11.5 Å². The zero-order chi connectivity index (χ0) is 21.8. The van der Waals surface area contributed by atoms with Gasteiger partial charge in [0.2, 0.25) is 6.79 Å². The molecule has 0 spiro atoms. The van der Waals surface area contributed by atoms with Crippen molar-refractivity contribution in [1.82, 2.24) is 0 Å². The number of hydrogen-bond donors (Lipinski definition) is 0. The Kier molecular flexibility index (Phi) is 5.63. The van der Waals surface area contributed by atoms with Crippen molar-refractivity contribution in [3.63, 3.8) is 0 Å². The Morgan fingerprint density at radius 1 is 0.968 bits per heavy atom. The lowest BCUT2D eigenvalue weighted by atomic mass is 9.98. The molecule has 0 aliphatic carbocycles. The van der Waals surface area contributed by atoms with Crippen molar-refractivity contribution in [2.24, 2.45) is 4.99 Å². The zero-order valence-electron chi connectivity index (χ0n) is 16.3. The standard InChI is InChI=1S/C24H17F3N2O2/c25-24(26,27)19-9-6-17(7-10-19)21(14-28)29-20(12-16-4-2-1-3-5-16)18-8-11-22-23(13-18)31-15-30-22/h1-11,13,20H,12,15H2/t20-/m1/s1. The molecule has 0 bridgehead atoms. The molecule has 4 rings (SSSR count). The number of rotatable bonds is 5. The van der Waals surface area contributed by atoms with E-state index in [2.05, 4.69) is 4.99 Å². The number of nitriles is 1. The SMILES string of the molecule is N#CC(=N[C@H](Cc1ccccc1)c1ccc2c(c1)OCO2)c1ccc(C(F)(F)F)cc1. The molecule has 1 atom stereocenters. The van der Waals surface area contributed by atoms with Crippen molar-refractivity contribution >= 4 is 5.71 Å². The van der Waals surface area contributed by atoms with Crippen LogP contribution >= 0.6 is 0 Å². The molecule has 4 nitrogen and oxygen atoms in total. The van der Waals surface area contributed by atoms with Gasteiger partial charge in [-0.1, -0.05) is 48.5 Å². The van der Waals surface area contributed by atoms with Crippen LogP contribution in [0.4, 0.5) is 13.2 Å². The van der Waals surface area contributed by atoms with E-state index >= 15 is 0 Å². The number of ether oxygens (including phenoxy) is 2. The Bertz CT molecular complexity index is 1130. The third-order valence-corrected chi connectivity index (χ3v) is 4.93. The van der Waals surface area contributed by atoms with E-state index in [-0.39, 0.29) is 12.5 Å². The van der Waals surface area contributed by atoms with Gasteiger partial charge in [0.05, 0.1) is 11.6 Å². The van der Waals surface area contributed by atoms with Gasteiger partial charge in [0.15, 0.2) is 11.5 Å². The van der Waals surface area contributed by atoms with Crippen LogP contribution in [0.2, 0.25) is 0 Å². The highest BCUT2D eigenvalue weighted by Gasteiger charge is 2.30. The molecule has 1 heterocycles. The fourth-order valence-electron chi connectivity index (χ4n) is 3.34. The minimum absolute atomic E-state index is 0.0623. The second-order valence-corrected chi connectivity index (χ2v) is 6.98. The molecule has 3 aromatic rings.